The summed E-state index contributed by atoms with van der Waals surface area (Å²) in [4.78, 5) is 21.7. The van der Waals surface area contributed by atoms with Crippen molar-refractivity contribution >= 4 is 11.8 Å². The van der Waals surface area contributed by atoms with E-state index in [0.717, 1.165) is 6.08 Å². The van der Waals surface area contributed by atoms with Gasteiger partial charge in [-0.05, 0) is 18.9 Å². The van der Waals surface area contributed by atoms with Gasteiger partial charge in [0.15, 0.2) is 11.9 Å². The van der Waals surface area contributed by atoms with Gasteiger partial charge in [-0.3, -0.25) is 4.79 Å². The summed E-state index contributed by atoms with van der Waals surface area (Å²) < 4.78 is 4.78. The van der Waals surface area contributed by atoms with E-state index in [2.05, 4.69) is 6.58 Å². The maximum atomic E-state index is 11.0. The average molecular weight is 166 g/mol. The van der Waals surface area contributed by atoms with Crippen LogP contribution in [0.5, 0.6) is 0 Å². The summed E-state index contributed by atoms with van der Waals surface area (Å²) in [6.07, 6.45) is 4.71. The highest BCUT2D eigenvalue weighted by atomic mass is 16.5. The summed E-state index contributed by atoms with van der Waals surface area (Å²) in [7, 11) is 0. The summed E-state index contributed by atoms with van der Waals surface area (Å²) in [5.74, 6) is -0.583. The standard InChI is InChI=1S/C9H10O3/c1-2-3-4-8-7(10)5-6-9(11)12-8/h2,5-6,8H,1,3-4H2/t8-/m0/s1. The molecule has 0 aliphatic carbocycles. The van der Waals surface area contributed by atoms with Gasteiger partial charge in [0.05, 0.1) is 0 Å². The third-order valence-electron chi connectivity index (χ3n) is 1.59. The van der Waals surface area contributed by atoms with Gasteiger partial charge in [-0.15, -0.1) is 6.58 Å². The first-order valence-electron chi connectivity index (χ1n) is 3.77. The van der Waals surface area contributed by atoms with Crippen LogP contribution >= 0.6 is 0 Å². The molecule has 0 radical (unpaired) electrons. The van der Waals surface area contributed by atoms with E-state index in [1.165, 1.54) is 6.08 Å². The Bertz CT molecular complexity index is 240. The molecule has 0 saturated heterocycles. The molecule has 0 unspecified atom stereocenters. The summed E-state index contributed by atoms with van der Waals surface area (Å²) in [6, 6.07) is 0. The molecule has 1 aliphatic heterocycles. The zero-order chi connectivity index (χ0) is 8.97. The highest BCUT2D eigenvalue weighted by Gasteiger charge is 2.22. The molecule has 1 aliphatic rings. The van der Waals surface area contributed by atoms with Gasteiger partial charge < -0.3 is 4.74 Å². The second-order valence-corrected chi connectivity index (χ2v) is 2.53. The van der Waals surface area contributed by atoms with Crippen LogP contribution in [-0.2, 0) is 14.3 Å². The van der Waals surface area contributed by atoms with Crippen molar-refractivity contribution in [3.8, 4) is 0 Å². The van der Waals surface area contributed by atoms with Crippen LogP contribution in [0.1, 0.15) is 12.8 Å². The molecule has 3 heteroatoms. The van der Waals surface area contributed by atoms with Gasteiger partial charge in [0, 0.05) is 6.08 Å². The van der Waals surface area contributed by atoms with Crippen LogP contribution < -0.4 is 0 Å². The highest BCUT2D eigenvalue weighted by molar-refractivity contribution is 6.02. The topological polar surface area (TPSA) is 43.4 Å². The minimum Gasteiger partial charge on any atom is -0.451 e. The largest absolute Gasteiger partial charge is 0.451 e. The van der Waals surface area contributed by atoms with Crippen LogP contribution in [0.2, 0.25) is 0 Å². The van der Waals surface area contributed by atoms with E-state index >= 15 is 0 Å². The molecule has 0 amide bonds. The zero-order valence-electron chi connectivity index (χ0n) is 6.66. The maximum absolute atomic E-state index is 11.0. The number of esters is 1. The Morgan fingerprint density at radius 1 is 1.50 bits per heavy atom. The molecule has 0 aromatic rings. The molecule has 1 rings (SSSR count). The van der Waals surface area contributed by atoms with Gasteiger partial charge in [0.2, 0.25) is 0 Å². The van der Waals surface area contributed by atoms with Gasteiger partial charge >= 0.3 is 5.97 Å². The SMILES string of the molecule is C=CCC[C@@H]1OC(=O)C=CC1=O. The number of allylic oxidation sites excluding steroid dienone is 1. The minimum absolute atomic E-state index is 0.142. The van der Waals surface area contributed by atoms with Crippen LogP contribution in [-0.4, -0.2) is 17.9 Å². The Kier molecular flexibility index (Phi) is 2.80. The lowest BCUT2D eigenvalue weighted by molar-refractivity contribution is -0.150. The Balaban J connectivity index is 2.53. The van der Waals surface area contributed by atoms with Crippen LogP contribution in [0.4, 0.5) is 0 Å². The van der Waals surface area contributed by atoms with Crippen molar-refractivity contribution in [3.05, 3.63) is 24.8 Å². The normalized spacial score (nSPS) is 22.2. The van der Waals surface area contributed by atoms with Crippen molar-refractivity contribution in [2.75, 3.05) is 0 Å². The number of ketones is 1. The number of rotatable bonds is 3. The summed E-state index contributed by atoms with van der Waals surface area (Å²) in [5, 5.41) is 0. The molecular weight excluding hydrogens is 156 g/mol. The first-order valence-corrected chi connectivity index (χ1v) is 3.77. The van der Waals surface area contributed by atoms with E-state index in [1.807, 2.05) is 0 Å². The Labute approximate surface area is 70.7 Å². The monoisotopic (exact) mass is 166 g/mol. The molecular formula is C9H10O3. The van der Waals surface area contributed by atoms with E-state index in [4.69, 9.17) is 4.74 Å². The van der Waals surface area contributed by atoms with Crippen molar-refractivity contribution < 1.29 is 14.3 Å². The average Bonchev–Trinajstić information content (AvgIpc) is 2.07. The van der Waals surface area contributed by atoms with E-state index in [9.17, 15) is 9.59 Å². The summed E-state index contributed by atoms with van der Waals surface area (Å²) in [5.41, 5.74) is 0. The predicted molar refractivity (Wildman–Crippen MR) is 43.5 cm³/mol. The molecule has 12 heavy (non-hydrogen) atoms. The lowest BCUT2D eigenvalue weighted by Crippen LogP contribution is -2.28. The van der Waals surface area contributed by atoms with Gasteiger partial charge in [0.25, 0.3) is 0 Å². The van der Waals surface area contributed by atoms with Crippen molar-refractivity contribution in [1.82, 2.24) is 0 Å². The lowest BCUT2D eigenvalue weighted by Gasteiger charge is -2.15. The minimum atomic E-state index is -0.597. The van der Waals surface area contributed by atoms with Gasteiger partial charge in [-0.2, -0.15) is 0 Å². The third-order valence-corrected chi connectivity index (χ3v) is 1.59. The molecule has 0 saturated carbocycles. The van der Waals surface area contributed by atoms with Crippen molar-refractivity contribution in [3.63, 3.8) is 0 Å². The Hall–Kier alpha value is -1.38. The van der Waals surface area contributed by atoms with Crippen LogP contribution in [0.15, 0.2) is 24.8 Å². The number of ether oxygens (including phenoxy) is 1. The number of cyclic esters (lactones) is 1. The number of hydrogen-bond donors (Lipinski definition) is 0. The summed E-state index contributed by atoms with van der Waals surface area (Å²) in [6.45, 7) is 3.52. The molecule has 0 N–H and O–H groups in total. The molecule has 1 atom stereocenters. The van der Waals surface area contributed by atoms with E-state index in [0.29, 0.717) is 12.8 Å². The molecule has 0 aromatic carbocycles. The fourth-order valence-electron chi connectivity index (χ4n) is 0.965. The second-order valence-electron chi connectivity index (χ2n) is 2.53. The highest BCUT2D eigenvalue weighted by Crippen LogP contribution is 2.09. The second kappa shape index (κ2) is 3.85. The lowest BCUT2D eigenvalue weighted by atomic mass is 10.1. The van der Waals surface area contributed by atoms with Crippen molar-refractivity contribution in [2.45, 2.75) is 18.9 Å². The molecule has 64 valence electrons. The molecule has 3 nitrogen and oxygen atoms in total. The molecule has 1 heterocycles. The summed E-state index contributed by atoms with van der Waals surface area (Å²) >= 11 is 0. The van der Waals surface area contributed by atoms with Gasteiger partial charge in [-0.25, -0.2) is 4.79 Å². The Morgan fingerprint density at radius 3 is 2.92 bits per heavy atom. The van der Waals surface area contributed by atoms with E-state index in [1.54, 1.807) is 6.08 Å². The molecule has 0 spiro atoms. The fourth-order valence-corrected chi connectivity index (χ4v) is 0.965. The fraction of sp³-hybridized carbons (Fsp3) is 0.333. The van der Waals surface area contributed by atoms with E-state index in [-0.39, 0.29) is 5.78 Å². The number of carbonyl (C=O) groups is 2. The zero-order valence-corrected chi connectivity index (χ0v) is 6.66. The molecule has 0 aromatic heterocycles. The van der Waals surface area contributed by atoms with Crippen LogP contribution in [0.25, 0.3) is 0 Å². The maximum Gasteiger partial charge on any atom is 0.331 e. The van der Waals surface area contributed by atoms with Crippen molar-refractivity contribution in [1.29, 1.82) is 0 Å². The molecule has 0 bridgehead atoms. The smallest absolute Gasteiger partial charge is 0.331 e. The Morgan fingerprint density at radius 2 is 2.25 bits per heavy atom. The predicted octanol–water partition coefficient (Wildman–Crippen LogP) is 1.00. The van der Waals surface area contributed by atoms with E-state index < -0.39 is 12.1 Å². The van der Waals surface area contributed by atoms with Crippen LogP contribution in [0, 0.1) is 0 Å². The van der Waals surface area contributed by atoms with Gasteiger partial charge in [-0.1, -0.05) is 6.08 Å². The van der Waals surface area contributed by atoms with Gasteiger partial charge in [0.1, 0.15) is 0 Å². The van der Waals surface area contributed by atoms with Crippen LogP contribution in [0.3, 0.4) is 0 Å². The van der Waals surface area contributed by atoms with Crippen molar-refractivity contribution in [2.24, 2.45) is 0 Å². The first kappa shape index (κ1) is 8.71. The third kappa shape index (κ3) is 2.05. The quantitative estimate of drug-likeness (QED) is 0.464. The first-order chi connectivity index (χ1) is 5.74. The molecule has 0 fully saturated rings. The number of carbonyl (C=O) groups excluding carboxylic acids is 2. The number of hydrogen-bond acceptors (Lipinski definition) is 3.